The van der Waals surface area contributed by atoms with Gasteiger partial charge in [0.15, 0.2) is 4.67 Å². The molecule has 7 heteroatoms. The van der Waals surface area contributed by atoms with Gasteiger partial charge in [-0.1, -0.05) is 0 Å². The van der Waals surface area contributed by atoms with Crippen LogP contribution in [0.5, 0.6) is 0 Å². The molecule has 0 saturated heterocycles. The highest BCUT2D eigenvalue weighted by Gasteiger charge is 2.42. The van der Waals surface area contributed by atoms with Crippen molar-refractivity contribution in [1.29, 1.82) is 0 Å². The predicted molar refractivity (Wildman–Crippen MR) is 74.2 cm³/mol. The van der Waals surface area contributed by atoms with Gasteiger partial charge in [-0.15, -0.1) is 0 Å². The number of rotatable bonds is 6. The van der Waals surface area contributed by atoms with Crippen molar-refractivity contribution in [2.75, 3.05) is 0 Å². The summed E-state index contributed by atoms with van der Waals surface area (Å²) in [6.07, 6.45) is 4.15. The fraction of sp³-hybridized carbons (Fsp3) is 0.667. The molecule has 0 amide bonds. The number of hydrogen-bond acceptors (Lipinski definition) is 4. The van der Waals surface area contributed by atoms with Crippen LogP contribution in [0.25, 0.3) is 0 Å². The summed E-state index contributed by atoms with van der Waals surface area (Å²) in [5, 5.41) is 3.30. The normalized spacial score (nSPS) is 21.6. The zero-order valence-corrected chi connectivity index (χ0v) is 13.1. The van der Waals surface area contributed by atoms with Crippen molar-refractivity contribution in [2.45, 2.75) is 55.6 Å². The Morgan fingerprint density at radius 3 is 2.74 bits per heavy atom. The highest BCUT2D eigenvalue weighted by Crippen LogP contribution is 2.37. The van der Waals surface area contributed by atoms with Crippen LogP contribution < -0.4 is 10.0 Å². The van der Waals surface area contributed by atoms with E-state index in [0.717, 1.165) is 12.8 Å². The molecule has 0 radical (unpaired) electrons. The zero-order valence-electron chi connectivity index (χ0n) is 10.7. The van der Waals surface area contributed by atoms with E-state index in [1.165, 1.54) is 12.8 Å². The molecule has 0 spiro atoms. The number of furan rings is 1. The van der Waals surface area contributed by atoms with Crippen LogP contribution in [-0.2, 0) is 16.6 Å². The fourth-order valence-corrected chi connectivity index (χ4v) is 4.33. The van der Waals surface area contributed by atoms with Crippen LogP contribution in [-0.4, -0.2) is 20.0 Å². The Balaban J connectivity index is 1.75. The summed E-state index contributed by atoms with van der Waals surface area (Å²) in [5.41, 5.74) is -0.276. The second kappa shape index (κ2) is 4.58. The van der Waals surface area contributed by atoms with Crippen molar-refractivity contribution in [3.05, 3.63) is 16.5 Å². The first-order chi connectivity index (χ1) is 8.88. The standard InChI is InChI=1S/C12H17BrN2O3S/c1-12(4-5-12)15-19(16,17)10-6-9(18-11(10)13)7-14-8-2-3-8/h6,8,14-15H,2-5,7H2,1H3. The summed E-state index contributed by atoms with van der Waals surface area (Å²) in [5.74, 6) is 0.639. The van der Waals surface area contributed by atoms with Crippen LogP contribution in [0.1, 0.15) is 38.4 Å². The lowest BCUT2D eigenvalue weighted by Gasteiger charge is -2.10. The van der Waals surface area contributed by atoms with Crippen molar-refractivity contribution < 1.29 is 12.8 Å². The van der Waals surface area contributed by atoms with E-state index in [4.69, 9.17) is 4.42 Å². The topological polar surface area (TPSA) is 71.3 Å². The van der Waals surface area contributed by atoms with Crippen LogP contribution in [0, 0.1) is 0 Å². The average Bonchev–Trinajstić information content (AvgIpc) is 3.20. The summed E-state index contributed by atoms with van der Waals surface area (Å²) in [6.45, 7) is 2.48. The van der Waals surface area contributed by atoms with Crippen molar-refractivity contribution >= 4 is 26.0 Å². The second-order valence-corrected chi connectivity index (χ2v) is 8.04. The van der Waals surface area contributed by atoms with Gasteiger partial charge in [-0.05, 0) is 48.5 Å². The molecule has 2 aliphatic carbocycles. The fourth-order valence-electron chi connectivity index (χ4n) is 1.87. The van der Waals surface area contributed by atoms with E-state index in [-0.39, 0.29) is 15.1 Å². The van der Waals surface area contributed by atoms with Crippen molar-refractivity contribution in [2.24, 2.45) is 0 Å². The third-order valence-corrected chi connectivity index (χ3v) is 6.01. The van der Waals surface area contributed by atoms with Gasteiger partial charge in [0.2, 0.25) is 10.0 Å². The van der Waals surface area contributed by atoms with Gasteiger partial charge in [-0.3, -0.25) is 0 Å². The molecule has 2 N–H and O–H groups in total. The Labute approximate surface area is 121 Å². The summed E-state index contributed by atoms with van der Waals surface area (Å²) in [6, 6.07) is 2.15. The van der Waals surface area contributed by atoms with Crippen molar-refractivity contribution in [3.8, 4) is 0 Å². The van der Waals surface area contributed by atoms with Gasteiger partial charge in [0.1, 0.15) is 10.7 Å². The Bertz CT molecular complexity index is 588. The monoisotopic (exact) mass is 348 g/mol. The van der Waals surface area contributed by atoms with E-state index in [2.05, 4.69) is 26.0 Å². The Morgan fingerprint density at radius 1 is 1.47 bits per heavy atom. The molecule has 1 aromatic rings. The van der Waals surface area contributed by atoms with E-state index in [1.807, 2.05) is 6.92 Å². The first-order valence-corrected chi connectivity index (χ1v) is 8.71. The molecular weight excluding hydrogens is 332 g/mol. The Kier molecular flexibility index (Phi) is 3.28. The molecule has 19 heavy (non-hydrogen) atoms. The molecule has 2 saturated carbocycles. The molecule has 0 atom stereocenters. The number of halogens is 1. The van der Waals surface area contributed by atoms with Crippen LogP contribution in [0.3, 0.4) is 0 Å². The van der Waals surface area contributed by atoms with E-state index in [1.54, 1.807) is 6.07 Å². The van der Waals surface area contributed by atoms with Crippen LogP contribution in [0.15, 0.2) is 20.0 Å². The van der Waals surface area contributed by atoms with E-state index >= 15 is 0 Å². The molecule has 2 aliphatic rings. The minimum absolute atomic E-state index is 0.188. The molecule has 2 fully saturated rings. The van der Waals surface area contributed by atoms with Crippen LogP contribution in [0.4, 0.5) is 0 Å². The first kappa shape index (κ1) is 13.6. The quantitative estimate of drug-likeness (QED) is 0.825. The SMILES string of the molecule is CC1(NS(=O)(=O)c2cc(CNC3CC3)oc2Br)CC1. The smallest absolute Gasteiger partial charge is 0.245 e. The number of sulfonamides is 1. The van der Waals surface area contributed by atoms with Gasteiger partial charge in [0.25, 0.3) is 0 Å². The average molecular weight is 349 g/mol. The molecular formula is C12H17BrN2O3S. The number of nitrogens with one attached hydrogen (secondary N) is 2. The molecule has 106 valence electrons. The molecule has 1 aromatic heterocycles. The first-order valence-electron chi connectivity index (χ1n) is 6.44. The van der Waals surface area contributed by atoms with Gasteiger partial charge >= 0.3 is 0 Å². The molecule has 5 nitrogen and oxygen atoms in total. The van der Waals surface area contributed by atoms with Crippen LogP contribution >= 0.6 is 15.9 Å². The molecule has 0 aliphatic heterocycles. The summed E-state index contributed by atoms with van der Waals surface area (Å²) < 4.78 is 32.9. The Morgan fingerprint density at radius 2 is 2.16 bits per heavy atom. The molecule has 0 aromatic carbocycles. The largest absolute Gasteiger partial charge is 0.452 e. The minimum Gasteiger partial charge on any atom is -0.452 e. The third-order valence-electron chi connectivity index (χ3n) is 3.52. The van der Waals surface area contributed by atoms with Crippen molar-refractivity contribution in [3.63, 3.8) is 0 Å². The number of hydrogen-bond donors (Lipinski definition) is 2. The lowest BCUT2D eigenvalue weighted by atomic mass is 10.4. The van der Waals surface area contributed by atoms with Gasteiger partial charge in [-0.25, -0.2) is 13.1 Å². The molecule has 0 bridgehead atoms. The third kappa shape index (κ3) is 3.21. The molecule has 3 rings (SSSR count). The summed E-state index contributed by atoms with van der Waals surface area (Å²) in [4.78, 5) is 0.188. The van der Waals surface area contributed by atoms with E-state index in [0.29, 0.717) is 18.3 Å². The van der Waals surface area contributed by atoms with Gasteiger partial charge in [0.05, 0.1) is 6.54 Å². The van der Waals surface area contributed by atoms with Crippen LogP contribution in [0.2, 0.25) is 0 Å². The predicted octanol–water partition coefficient (Wildman–Crippen LogP) is 2.12. The maximum atomic E-state index is 12.3. The van der Waals surface area contributed by atoms with Gasteiger partial charge in [0, 0.05) is 17.6 Å². The maximum Gasteiger partial charge on any atom is 0.245 e. The zero-order chi connectivity index (χ0) is 13.7. The second-order valence-electron chi connectivity index (χ2n) is 5.67. The summed E-state index contributed by atoms with van der Waals surface area (Å²) >= 11 is 3.19. The Hall–Kier alpha value is -0.370. The van der Waals surface area contributed by atoms with Gasteiger partial charge < -0.3 is 9.73 Å². The van der Waals surface area contributed by atoms with E-state index in [9.17, 15) is 8.42 Å². The molecule has 1 heterocycles. The van der Waals surface area contributed by atoms with E-state index < -0.39 is 10.0 Å². The molecule has 0 unspecified atom stereocenters. The van der Waals surface area contributed by atoms with Crippen molar-refractivity contribution in [1.82, 2.24) is 10.0 Å². The van der Waals surface area contributed by atoms with Gasteiger partial charge in [-0.2, -0.15) is 0 Å². The lowest BCUT2D eigenvalue weighted by molar-refractivity contribution is 0.459. The summed E-state index contributed by atoms with van der Waals surface area (Å²) in [7, 11) is -3.51. The highest BCUT2D eigenvalue weighted by molar-refractivity contribution is 9.10. The maximum absolute atomic E-state index is 12.3. The highest BCUT2D eigenvalue weighted by atomic mass is 79.9. The lowest BCUT2D eigenvalue weighted by Crippen LogP contribution is -2.34. The minimum atomic E-state index is -3.51.